The van der Waals surface area contributed by atoms with Crippen LogP contribution < -0.4 is 16.0 Å². The molecule has 1 amide bonds. The maximum absolute atomic E-state index is 12.5. The summed E-state index contributed by atoms with van der Waals surface area (Å²) in [4.78, 5) is 12.5. The number of hydrogen-bond acceptors (Lipinski definition) is 4. The van der Waals surface area contributed by atoms with E-state index in [0.29, 0.717) is 22.9 Å². The first kappa shape index (κ1) is 20.8. The molecule has 2 aromatic heterocycles. The van der Waals surface area contributed by atoms with Gasteiger partial charge in [0.2, 0.25) is 0 Å². The summed E-state index contributed by atoms with van der Waals surface area (Å²) in [6.45, 7) is 0.650. The molecule has 0 aliphatic carbocycles. The highest BCUT2D eigenvalue weighted by atomic mass is 32.1. The molecule has 33 heavy (non-hydrogen) atoms. The molecule has 0 bridgehead atoms. The standard InChI is InChI=1S/C26H21N3O3S/c30-25(24-16-18-6-2-4-8-23(18)32-24)28-19-9-11-20(12-10-19)29-26(33)27-14-13-21-15-17-5-1-3-7-22(17)31-21/h1-12,15-16H,13-14H2,(H,28,30)(H2,27,29,33). The Morgan fingerprint density at radius 2 is 1.36 bits per heavy atom. The SMILES string of the molecule is O=C(Nc1ccc(NC(=S)NCCc2cc3ccccc3o2)cc1)c1cc2ccccc2o1. The fourth-order valence-corrected chi connectivity index (χ4v) is 3.78. The molecule has 0 saturated carbocycles. The number of carbonyl (C=O) groups excluding carboxylic acids is 1. The highest BCUT2D eigenvalue weighted by molar-refractivity contribution is 7.80. The van der Waals surface area contributed by atoms with Crippen LogP contribution in [0, 0.1) is 0 Å². The van der Waals surface area contributed by atoms with Crippen molar-refractivity contribution in [2.24, 2.45) is 0 Å². The average Bonchev–Trinajstić information content (AvgIpc) is 3.44. The van der Waals surface area contributed by atoms with Crippen LogP contribution in [0.2, 0.25) is 0 Å². The lowest BCUT2D eigenvalue weighted by Gasteiger charge is -2.11. The largest absolute Gasteiger partial charge is 0.461 e. The third kappa shape index (κ3) is 4.88. The molecule has 0 spiro atoms. The maximum Gasteiger partial charge on any atom is 0.291 e. The van der Waals surface area contributed by atoms with E-state index >= 15 is 0 Å². The van der Waals surface area contributed by atoms with E-state index in [-0.39, 0.29) is 11.7 Å². The van der Waals surface area contributed by atoms with Gasteiger partial charge < -0.3 is 24.8 Å². The summed E-state index contributed by atoms with van der Waals surface area (Å²) in [6.07, 6.45) is 0.725. The van der Waals surface area contributed by atoms with Gasteiger partial charge in [0, 0.05) is 35.1 Å². The second-order valence-corrected chi connectivity index (χ2v) is 7.97. The van der Waals surface area contributed by atoms with Gasteiger partial charge in [-0.1, -0.05) is 36.4 Å². The molecule has 6 nitrogen and oxygen atoms in total. The van der Waals surface area contributed by atoms with Gasteiger partial charge in [-0.05, 0) is 60.7 Å². The minimum atomic E-state index is -0.297. The minimum Gasteiger partial charge on any atom is -0.461 e. The molecule has 0 fully saturated rings. The van der Waals surface area contributed by atoms with Crippen molar-refractivity contribution in [2.45, 2.75) is 6.42 Å². The van der Waals surface area contributed by atoms with Crippen molar-refractivity contribution in [3.63, 3.8) is 0 Å². The van der Waals surface area contributed by atoms with E-state index in [2.05, 4.69) is 16.0 Å². The molecule has 7 heteroatoms. The number of nitrogens with one attached hydrogen (secondary N) is 3. The van der Waals surface area contributed by atoms with E-state index in [0.717, 1.165) is 34.2 Å². The molecular weight excluding hydrogens is 434 g/mol. The topological polar surface area (TPSA) is 79.4 Å². The Balaban J connectivity index is 1.11. The van der Waals surface area contributed by atoms with Crippen molar-refractivity contribution < 1.29 is 13.6 Å². The fourth-order valence-electron chi connectivity index (χ4n) is 3.56. The lowest BCUT2D eigenvalue weighted by atomic mass is 10.2. The van der Waals surface area contributed by atoms with E-state index < -0.39 is 0 Å². The molecule has 2 heterocycles. The summed E-state index contributed by atoms with van der Waals surface area (Å²) in [5.74, 6) is 0.888. The smallest absolute Gasteiger partial charge is 0.291 e. The second kappa shape index (κ2) is 9.18. The summed E-state index contributed by atoms with van der Waals surface area (Å²) >= 11 is 5.38. The first-order chi connectivity index (χ1) is 16.1. The van der Waals surface area contributed by atoms with Crippen LogP contribution in [0.4, 0.5) is 11.4 Å². The van der Waals surface area contributed by atoms with Gasteiger partial charge in [0.05, 0.1) is 0 Å². The molecular formula is C26H21N3O3S. The number of thiocarbonyl (C=S) groups is 1. The van der Waals surface area contributed by atoms with Crippen LogP contribution >= 0.6 is 12.2 Å². The van der Waals surface area contributed by atoms with Crippen LogP contribution in [0.5, 0.6) is 0 Å². The summed E-state index contributed by atoms with van der Waals surface area (Å²) in [7, 11) is 0. The van der Waals surface area contributed by atoms with Gasteiger partial charge in [0.25, 0.3) is 5.91 Å². The van der Waals surface area contributed by atoms with Crippen molar-refractivity contribution in [2.75, 3.05) is 17.2 Å². The second-order valence-electron chi connectivity index (χ2n) is 7.56. The number of amides is 1. The van der Waals surface area contributed by atoms with Crippen molar-refractivity contribution in [1.29, 1.82) is 0 Å². The number of anilines is 2. The first-order valence-electron chi connectivity index (χ1n) is 10.6. The van der Waals surface area contributed by atoms with Crippen LogP contribution in [-0.2, 0) is 6.42 Å². The van der Waals surface area contributed by atoms with Crippen LogP contribution in [0.15, 0.2) is 93.8 Å². The van der Waals surface area contributed by atoms with Crippen LogP contribution in [0.1, 0.15) is 16.3 Å². The average molecular weight is 456 g/mol. The van der Waals surface area contributed by atoms with E-state index in [4.69, 9.17) is 21.1 Å². The lowest BCUT2D eigenvalue weighted by molar-refractivity contribution is 0.0998. The third-order valence-corrected chi connectivity index (χ3v) is 5.43. The van der Waals surface area contributed by atoms with E-state index in [1.54, 1.807) is 18.2 Å². The van der Waals surface area contributed by atoms with Crippen LogP contribution in [-0.4, -0.2) is 17.6 Å². The van der Waals surface area contributed by atoms with Gasteiger partial charge in [-0.15, -0.1) is 0 Å². The number of para-hydroxylation sites is 2. The molecule has 5 rings (SSSR count). The molecule has 0 atom stereocenters. The van der Waals surface area contributed by atoms with Crippen LogP contribution in [0.3, 0.4) is 0 Å². The molecule has 0 radical (unpaired) electrons. The molecule has 3 aromatic carbocycles. The zero-order chi connectivity index (χ0) is 22.6. The molecule has 5 aromatic rings. The normalized spacial score (nSPS) is 10.9. The number of benzene rings is 3. The highest BCUT2D eigenvalue weighted by Crippen LogP contribution is 2.21. The molecule has 0 aliphatic rings. The predicted molar refractivity (Wildman–Crippen MR) is 135 cm³/mol. The predicted octanol–water partition coefficient (Wildman–Crippen LogP) is 5.96. The summed E-state index contributed by atoms with van der Waals surface area (Å²) in [6, 6.07) is 26.6. The van der Waals surface area contributed by atoms with Gasteiger partial charge >= 0.3 is 0 Å². The minimum absolute atomic E-state index is 0.272. The number of fused-ring (bicyclic) bond motifs is 2. The zero-order valence-corrected chi connectivity index (χ0v) is 18.4. The Hall–Kier alpha value is -4.10. The Bertz CT molecular complexity index is 1370. The summed E-state index contributed by atoms with van der Waals surface area (Å²) in [5, 5.41) is 11.7. The Morgan fingerprint density at radius 1 is 0.758 bits per heavy atom. The van der Waals surface area contributed by atoms with E-state index in [9.17, 15) is 4.79 Å². The van der Waals surface area contributed by atoms with Crippen LogP contribution in [0.25, 0.3) is 21.9 Å². The highest BCUT2D eigenvalue weighted by Gasteiger charge is 2.12. The quantitative estimate of drug-likeness (QED) is 0.274. The van der Waals surface area contributed by atoms with Crippen molar-refractivity contribution in [3.8, 4) is 0 Å². The number of carbonyl (C=O) groups is 1. The number of furan rings is 2. The van der Waals surface area contributed by atoms with Gasteiger partial charge in [0.1, 0.15) is 16.9 Å². The number of hydrogen-bond donors (Lipinski definition) is 3. The van der Waals surface area contributed by atoms with Crippen molar-refractivity contribution >= 4 is 56.6 Å². The van der Waals surface area contributed by atoms with Gasteiger partial charge in [-0.3, -0.25) is 4.79 Å². The van der Waals surface area contributed by atoms with Gasteiger partial charge in [-0.2, -0.15) is 0 Å². The first-order valence-corrected chi connectivity index (χ1v) is 11.0. The lowest BCUT2D eigenvalue weighted by Crippen LogP contribution is -2.30. The zero-order valence-electron chi connectivity index (χ0n) is 17.6. The molecule has 0 saturated heterocycles. The molecule has 0 aliphatic heterocycles. The molecule has 3 N–H and O–H groups in total. The Kier molecular flexibility index (Phi) is 5.78. The van der Waals surface area contributed by atoms with Gasteiger partial charge in [-0.25, -0.2) is 0 Å². The summed E-state index contributed by atoms with van der Waals surface area (Å²) < 4.78 is 11.4. The van der Waals surface area contributed by atoms with Crippen molar-refractivity contribution in [3.05, 3.63) is 96.4 Å². The Morgan fingerprint density at radius 3 is 2.03 bits per heavy atom. The fraction of sp³-hybridized carbons (Fsp3) is 0.0769. The molecule has 0 unspecified atom stereocenters. The number of rotatable bonds is 6. The van der Waals surface area contributed by atoms with Gasteiger partial charge in [0.15, 0.2) is 10.9 Å². The van der Waals surface area contributed by atoms with E-state index in [1.165, 1.54) is 0 Å². The van der Waals surface area contributed by atoms with Crippen molar-refractivity contribution in [1.82, 2.24) is 5.32 Å². The molecule has 164 valence electrons. The monoisotopic (exact) mass is 455 g/mol. The Labute approximate surface area is 195 Å². The van der Waals surface area contributed by atoms with E-state index in [1.807, 2.05) is 66.7 Å². The maximum atomic E-state index is 12.5. The summed E-state index contributed by atoms with van der Waals surface area (Å²) in [5.41, 5.74) is 3.05. The third-order valence-electron chi connectivity index (χ3n) is 5.18.